The topological polar surface area (TPSA) is 47.5 Å². The fourth-order valence-corrected chi connectivity index (χ4v) is 2.95. The van der Waals surface area contributed by atoms with E-state index in [2.05, 4.69) is 32.0 Å². The minimum atomic E-state index is -0.125. The van der Waals surface area contributed by atoms with Gasteiger partial charge in [0.25, 0.3) is 0 Å². The van der Waals surface area contributed by atoms with Gasteiger partial charge in [-0.25, -0.2) is 0 Å². The van der Waals surface area contributed by atoms with Crippen LogP contribution in [0, 0.1) is 19.8 Å². The van der Waals surface area contributed by atoms with Gasteiger partial charge >= 0.3 is 0 Å². The summed E-state index contributed by atoms with van der Waals surface area (Å²) in [6, 6.07) is 6.73. The number of aryl methyl sites for hydroxylation is 2. The zero-order valence-electron chi connectivity index (χ0n) is 11.3. The number of benzene rings is 1. The normalized spacial score (nSPS) is 23.9. The van der Waals surface area contributed by atoms with Crippen molar-refractivity contribution in [2.75, 3.05) is 13.1 Å². The van der Waals surface area contributed by atoms with Gasteiger partial charge in [0.05, 0.1) is 13.1 Å². The van der Waals surface area contributed by atoms with Crippen molar-refractivity contribution in [3.8, 4) is 0 Å². The molecule has 0 spiro atoms. The molecule has 1 aromatic carbocycles. The first kappa shape index (κ1) is 13.1. The molecule has 1 heterocycles. The summed E-state index contributed by atoms with van der Waals surface area (Å²) in [6.07, 6.45) is 1.88. The predicted molar refractivity (Wildman–Crippen MR) is 72.2 cm³/mol. The Morgan fingerprint density at radius 1 is 1.22 bits per heavy atom. The molecular formula is C15H23N2O+. The van der Waals surface area contributed by atoms with Crippen LogP contribution < -0.4 is 10.6 Å². The number of quaternary nitrogens is 1. The van der Waals surface area contributed by atoms with E-state index in [0.717, 1.165) is 32.5 Å². The minimum Gasteiger partial charge on any atom is -0.369 e. The molecule has 0 unspecified atom stereocenters. The smallest absolute Gasteiger partial charge is 0.220 e. The van der Waals surface area contributed by atoms with Gasteiger partial charge in [-0.2, -0.15) is 0 Å². The zero-order valence-corrected chi connectivity index (χ0v) is 11.3. The molecule has 98 valence electrons. The highest BCUT2D eigenvalue weighted by molar-refractivity contribution is 5.76. The standard InChI is InChI=1S/C15H22N2O/c1-11-7-12(2)9-13(8-11)10-17-5-3-14(4-6-17)15(16)18/h7-9,14H,3-6,10H2,1-2H3,(H2,16,18)/p+1. The quantitative estimate of drug-likeness (QED) is 0.806. The Labute approximate surface area is 109 Å². The second-order valence-electron chi connectivity index (χ2n) is 5.60. The molecule has 18 heavy (non-hydrogen) atoms. The summed E-state index contributed by atoms with van der Waals surface area (Å²) >= 11 is 0. The highest BCUT2D eigenvalue weighted by Gasteiger charge is 2.25. The number of likely N-dealkylation sites (tertiary alicyclic amines) is 1. The molecule has 1 aliphatic rings. The summed E-state index contributed by atoms with van der Waals surface area (Å²) in [5.74, 6) is -0.0200. The van der Waals surface area contributed by atoms with Gasteiger partial charge in [-0.05, 0) is 13.8 Å². The van der Waals surface area contributed by atoms with Crippen LogP contribution in [0.5, 0.6) is 0 Å². The molecular weight excluding hydrogens is 224 g/mol. The highest BCUT2D eigenvalue weighted by atomic mass is 16.1. The lowest BCUT2D eigenvalue weighted by Crippen LogP contribution is -3.11. The van der Waals surface area contributed by atoms with Crippen molar-refractivity contribution >= 4 is 5.91 Å². The van der Waals surface area contributed by atoms with Crippen LogP contribution in [-0.2, 0) is 11.3 Å². The largest absolute Gasteiger partial charge is 0.369 e. The van der Waals surface area contributed by atoms with Gasteiger partial charge in [0.15, 0.2) is 0 Å². The van der Waals surface area contributed by atoms with E-state index in [1.165, 1.54) is 16.7 Å². The van der Waals surface area contributed by atoms with E-state index >= 15 is 0 Å². The Bertz CT molecular complexity index is 414. The minimum absolute atomic E-state index is 0.105. The van der Waals surface area contributed by atoms with Crippen LogP contribution in [-0.4, -0.2) is 19.0 Å². The van der Waals surface area contributed by atoms with Crippen LogP contribution in [0.1, 0.15) is 29.5 Å². The number of carbonyl (C=O) groups is 1. The first-order valence-electron chi connectivity index (χ1n) is 6.74. The second-order valence-corrected chi connectivity index (χ2v) is 5.60. The van der Waals surface area contributed by atoms with E-state index in [9.17, 15) is 4.79 Å². The number of piperidine rings is 1. The van der Waals surface area contributed by atoms with E-state index in [4.69, 9.17) is 5.73 Å². The van der Waals surface area contributed by atoms with Gasteiger partial charge < -0.3 is 10.6 Å². The van der Waals surface area contributed by atoms with Gasteiger partial charge in [-0.3, -0.25) is 4.79 Å². The van der Waals surface area contributed by atoms with Crippen molar-refractivity contribution in [3.63, 3.8) is 0 Å². The van der Waals surface area contributed by atoms with Crippen molar-refractivity contribution in [2.45, 2.75) is 33.2 Å². The lowest BCUT2D eigenvalue weighted by atomic mass is 9.96. The zero-order chi connectivity index (χ0) is 13.1. The van der Waals surface area contributed by atoms with Crippen molar-refractivity contribution in [3.05, 3.63) is 34.9 Å². The van der Waals surface area contributed by atoms with Crippen molar-refractivity contribution in [2.24, 2.45) is 11.7 Å². The average molecular weight is 247 g/mol. The lowest BCUT2D eigenvalue weighted by Gasteiger charge is -2.27. The molecule has 0 radical (unpaired) electrons. The summed E-state index contributed by atoms with van der Waals surface area (Å²) in [4.78, 5) is 12.7. The van der Waals surface area contributed by atoms with Crippen LogP contribution in [0.3, 0.4) is 0 Å². The molecule has 1 amide bonds. The number of nitrogens with two attached hydrogens (primary N) is 1. The first-order valence-corrected chi connectivity index (χ1v) is 6.74. The summed E-state index contributed by atoms with van der Waals surface area (Å²) in [6.45, 7) is 7.46. The number of rotatable bonds is 3. The Kier molecular flexibility index (Phi) is 4.02. The lowest BCUT2D eigenvalue weighted by molar-refractivity contribution is -0.919. The molecule has 1 aliphatic heterocycles. The monoisotopic (exact) mass is 247 g/mol. The molecule has 0 aromatic heterocycles. The van der Waals surface area contributed by atoms with Crippen LogP contribution in [0.15, 0.2) is 18.2 Å². The van der Waals surface area contributed by atoms with Crippen molar-refractivity contribution < 1.29 is 9.69 Å². The van der Waals surface area contributed by atoms with E-state index in [1.807, 2.05) is 0 Å². The maximum Gasteiger partial charge on any atom is 0.220 e. The number of hydrogen-bond donors (Lipinski definition) is 2. The van der Waals surface area contributed by atoms with Gasteiger partial charge in [0, 0.05) is 24.3 Å². The summed E-state index contributed by atoms with van der Waals surface area (Å²) in [7, 11) is 0. The molecule has 0 aliphatic carbocycles. The number of amides is 1. The van der Waals surface area contributed by atoms with Crippen LogP contribution in [0.4, 0.5) is 0 Å². The molecule has 0 bridgehead atoms. The third-order valence-electron chi connectivity index (χ3n) is 3.83. The Hall–Kier alpha value is -1.35. The van der Waals surface area contributed by atoms with Crippen LogP contribution in [0.2, 0.25) is 0 Å². The molecule has 0 atom stereocenters. The second kappa shape index (κ2) is 5.53. The number of hydrogen-bond acceptors (Lipinski definition) is 1. The average Bonchev–Trinajstić information content (AvgIpc) is 2.28. The third-order valence-corrected chi connectivity index (χ3v) is 3.83. The fourth-order valence-electron chi connectivity index (χ4n) is 2.95. The van der Waals surface area contributed by atoms with E-state index < -0.39 is 0 Å². The summed E-state index contributed by atoms with van der Waals surface area (Å²) in [5.41, 5.74) is 9.42. The van der Waals surface area contributed by atoms with Crippen molar-refractivity contribution in [1.82, 2.24) is 0 Å². The van der Waals surface area contributed by atoms with Gasteiger partial charge in [0.1, 0.15) is 6.54 Å². The molecule has 2 rings (SSSR count). The molecule has 3 heteroatoms. The summed E-state index contributed by atoms with van der Waals surface area (Å²) < 4.78 is 0. The Balaban J connectivity index is 1.93. The predicted octanol–water partition coefficient (Wildman–Crippen LogP) is 0.584. The van der Waals surface area contributed by atoms with Gasteiger partial charge in [-0.15, -0.1) is 0 Å². The number of nitrogens with one attached hydrogen (secondary N) is 1. The molecule has 1 saturated heterocycles. The van der Waals surface area contributed by atoms with Crippen LogP contribution in [0.25, 0.3) is 0 Å². The Morgan fingerprint density at radius 2 is 1.78 bits per heavy atom. The van der Waals surface area contributed by atoms with E-state index in [-0.39, 0.29) is 11.8 Å². The molecule has 3 nitrogen and oxygen atoms in total. The summed E-state index contributed by atoms with van der Waals surface area (Å²) in [5, 5.41) is 0. The molecule has 3 N–H and O–H groups in total. The fraction of sp³-hybridized carbons (Fsp3) is 0.533. The molecule has 0 saturated carbocycles. The molecule has 1 aromatic rings. The van der Waals surface area contributed by atoms with E-state index in [1.54, 1.807) is 4.90 Å². The number of primary amides is 1. The van der Waals surface area contributed by atoms with Crippen LogP contribution >= 0.6 is 0 Å². The maximum absolute atomic E-state index is 11.1. The maximum atomic E-state index is 11.1. The molecule has 1 fully saturated rings. The van der Waals surface area contributed by atoms with Gasteiger partial charge in [0.2, 0.25) is 5.91 Å². The first-order chi connectivity index (χ1) is 8.54. The third kappa shape index (κ3) is 3.33. The highest BCUT2D eigenvalue weighted by Crippen LogP contribution is 2.10. The van der Waals surface area contributed by atoms with Gasteiger partial charge in [-0.1, -0.05) is 29.3 Å². The van der Waals surface area contributed by atoms with Crippen molar-refractivity contribution in [1.29, 1.82) is 0 Å². The van der Waals surface area contributed by atoms with E-state index in [0.29, 0.717) is 0 Å². The SMILES string of the molecule is Cc1cc(C)cc(C[NH+]2CCC(C(N)=O)CC2)c1. The number of carbonyl (C=O) groups excluding carboxylic acids is 1. The Morgan fingerprint density at radius 3 is 2.28 bits per heavy atom.